The first-order valence-corrected chi connectivity index (χ1v) is 7.85. The third kappa shape index (κ3) is 4.56. The smallest absolute Gasteiger partial charge is 0.236 e. The Balaban J connectivity index is 2.70. The highest BCUT2D eigenvalue weighted by Gasteiger charge is 2.21. The van der Waals surface area contributed by atoms with Gasteiger partial charge in [0, 0.05) is 30.4 Å². The minimum atomic E-state index is -0.220. The number of hydrogen-bond donors (Lipinski definition) is 2. The van der Waals surface area contributed by atoms with E-state index in [1.807, 2.05) is 18.5 Å². The molecule has 1 amide bonds. The molecule has 1 aromatic heterocycles. The van der Waals surface area contributed by atoms with E-state index in [0.29, 0.717) is 12.5 Å². The van der Waals surface area contributed by atoms with Gasteiger partial charge in [-0.3, -0.25) is 14.8 Å². The molecule has 1 heterocycles. The Hall–Kier alpha value is -1.36. The summed E-state index contributed by atoms with van der Waals surface area (Å²) in [7, 11) is 0. The number of nitrogens with one attached hydrogen (secondary N) is 2. The fourth-order valence-corrected chi connectivity index (χ4v) is 2.64. The molecule has 1 aromatic rings. The normalized spacial score (nSPS) is 14.3. The van der Waals surface area contributed by atoms with Crippen LogP contribution in [0.4, 0.5) is 0 Å². The standard InChI is InChI=1S/C16H30N4O/c1-8-20-14(7)15(12(5)19-20)11(4)18-13(6)16(21)17-9-10(2)3/h10-11,13,18H,8-9H2,1-7H3,(H,17,21). The molecule has 0 aromatic carbocycles. The predicted molar refractivity (Wildman–Crippen MR) is 86.2 cm³/mol. The zero-order valence-electron chi connectivity index (χ0n) is 14.4. The number of hydrogen-bond acceptors (Lipinski definition) is 3. The second kappa shape index (κ2) is 7.59. The fourth-order valence-electron chi connectivity index (χ4n) is 2.64. The van der Waals surface area contributed by atoms with Gasteiger partial charge in [0.05, 0.1) is 11.7 Å². The van der Waals surface area contributed by atoms with Crippen LogP contribution < -0.4 is 10.6 Å². The van der Waals surface area contributed by atoms with Gasteiger partial charge in [0.1, 0.15) is 0 Å². The van der Waals surface area contributed by atoms with Crippen molar-refractivity contribution >= 4 is 5.91 Å². The van der Waals surface area contributed by atoms with Gasteiger partial charge < -0.3 is 5.32 Å². The second-order valence-electron chi connectivity index (χ2n) is 6.15. The average molecular weight is 294 g/mol. The van der Waals surface area contributed by atoms with Gasteiger partial charge in [-0.2, -0.15) is 5.10 Å². The molecule has 0 aliphatic heterocycles. The molecule has 0 aliphatic rings. The number of carbonyl (C=O) groups excluding carboxylic acids is 1. The number of rotatable bonds is 7. The SMILES string of the molecule is CCn1nc(C)c(C(C)NC(C)C(=O)NCC(C)C)c1C. The van der Waals surface area contributed by atoms with E-state index in [1.54, 1.807) is 0 Å². The molecule has 2 unspecified atom stereocenters. The topological polar surface area (TPSA) is 59.0 Å². The Morgan fingerprint density at radius 2 is 1.86 bits per heavy atom. The van der Waals surface area contributed by atoms with Crippen LogP contribution in [0.2, 0.25) is 0 Å². The molecule has 5 heteroatoms. The van der Waals surface area contributed by atoms with E-state index in [-0.39, 0.29) is 18.0 Å². The number of carbonyl (C=O) groups is 1. The summed E-state index contributed by atoms with van der Waals surface area (Å²) in [5, 5.41) is 10.9. The van der Waals surface area contributed by atoms with Gasteiger partial charge in [-0.1, -0.05) is 13.8 Å². The molecule has 21 heavy (non-hydrogen) atoms. The summed E-state index contributed by atoms with van der Waals surface area (Å²) in [4.78, 5) is 12.1. The quantitative estimate of drug-likeness (QED) is 0.811. The van der Waals surface area contributed by atoms with Crippen molar-refractivity contribution in [3.05, 3.63) is 17.0 Å². The largest absolute Gasteiger partial charge is 0.354 e. The maximum atomic E-state index is 12.1. The van der Waals surface area contributed by atoms with E-state index in [4.69, 9.17) is 0 Å². The fraction of sp³-hybridized carbons (Fsp3) is 0.750. The zero-order valence-corrected chi connectivity index (χ0v) is 14.4. The van der Waals surface area contributed by atoms with Crippen LogP contribution in [-0.4, -0.2) is 28.3 Å². The highest BCUT2D eigenvalue weighted by molar-refractivity contribution is 5.81. The summed E-state index contributed by atoms with van der Waals surface area (Å²) < 4.78 is 2.01. The van der Waals surface area contributed by atoms with Crippen LogP contribution >= 0.6 is 0 Å². The van der Waals surface area contributed by atoms with Gasteiger partial charge in [-0.15, -0.1) is 0 Å². The number of aromatic nitrogens is 2. The molecule has 0 spiro atoms. The van der Waals surface area contributed by atoms with Crippen LogP contribution in [0.3, 0.4) is 0 Å². The first-order chi connectivity index (χ1) is 9.77. The molecule has 0 radical (unpaired) electrons. The molecule has 0 bridgehead atoms. The van der Waals surface area contributed by atoms with Crippen molar-refractivity contribution in [1.82, 2.24) is 20.4 Å². The van der Waals surface area contributed by atoms with Crippen molar-refractivity contribution in [2.75, 3.05) is 6.54 Å². The van der Waals surface area contributed by atoms with Crippen LogP contribution in [0.5, 0.6) is 0 Å². The van der Waals surface area contributed by atoms with Gasteiger partial charge >= 0.3 is 0 Å². The van der Waals surface area contributed by atoms with Gasteiger partial charge in [0.25, 0.3) is 0 Å². The van der Waals surface area contributed by atoms with Crippen LogP contribution in [0, 0.1) is 19.8 Å². The van der Waals surface area contributed by atoms with Crippen molar-refractivity contribution < 1.29 is 4.79 Å². The highest BCUT2D eigenvalue weighted by atomic mass is 16.2. The molecule has 1 rings (SSSR count). The Bertz CT molecular complexity index is 479. The molecule has 0 saturated carbocycles. The molecule has 0 aliphatic carbocycles. The van der Waals surface area contributed by atoms with Gasteiger partial charge in [-0.25, -0.2) is 0 Å². The maximum absolute atomic E-state index is 12.1. The van der Waals surface area contributed by atoms with Crippen LogP contribution in [0.25, 0.3) is 0 Å². The lowest BCUT2D eigenvalue weighted by atomic mass is 10.1. The Kier molecular flexibility index (Phi) is 6.40. The van der Waals surface area contributed by atoms with E-state index >= 15 is 0 Å². The van der Waals surface area contributed by atoms with Gasteiger partial charge in [0.15, 0.2) is 0 Å². The second-order valence-corrected chi connectivity index (χ2v) is 6.15. The van der Waals surface area contributed by atoms with E-state index in [0.717, 1.165) is 12.2 Å². The zero-order chi connectivity index (χ0) is 16.2. The summed E-state index contributed by atoms with van der Waals surface area (Å²) in [6.45, 7) is 15.9. The van der Waals surface area contributed by atoms with Crippen molar-refractivity contribution in [1.29, 1.82) is 0 Å². The molecule has 0 fully saturated rings. The van der Waals surface area contributed by atoms with Crippen molar-refractivity contribution in [2.24, 2.45) is 5.92 Å². The highest BCUT2D eigenvalue weighted by Crippen LogP contribution is 2.21. The number of amides is 1. The summed E-state index contributed by atoms with van der Waals surface area (Å²) in [6.07, 6.45) is 0. The van der Waals surface area contributed by atoms with E-state index in [9.17, 15) is 4.79 Å². The number of aryl methyl sites for hydroxylation is 2. The van der Waals surface area contributed by atoms with Gasteiger partial charge in [0.2, 0.25) is 5.91 Å². The lowest BCUT2D eigenvalue weighted by Crippen LogP contribution is -2.44. The first kappa shape index (κ1) is 17.7. The Labute approximate surface area is 128 Å². The van der Waals surface area contributed by atoms with E-state index < -0.39 is 0 Å². The molecular formula is C16H30N4O. The minimum Gasteiger partial charge on any atom is -0.354 e. The van der Waals surface area contributed by atoms with Crippen LogP contribution in [0.15, 0.2) is 0 Å². The Morgan fingerprint density at radius 1 is 1.24 bits per heavy atom. The van der Waals surface area contributed by atoms with Crippen LogP contribution in [0.1, 0.15) is 57.6 Å². The molecule has 120 valence electrons. The summed E-state index contributed by atoms with van der Waals surface area (Å²) in [5.74, 6) is 0.514. The monoisotopic (exact) mass is 294 g/mol. The molecule has 2 atom stereocenters. The summed E-state index contributed by atoms with van der Waals surface area (Å²) >= 11 is 0. The van der Waals surface area contributed by atoms with Gasteiger partial charge in [-0.05, 0) is 40.5 Å². The van der Waals surface area contributed by atoms with Crippen molar-refractivity contribution in [3.8, 4) is 0 Å². The van der Waals surface area contributed by atoms with Crippen LogP contribution in [-0.2, 0) is 11.3 Å². The third-order valence-electron chi connectivity index (χ3n) is 3.75. The average Bonchev–Trinajstić information content (AvgIpc) is 2.70. The number of nitrogens with zero attached hydrogens (tertiary/aromatic N) is 2. The van der Waals surface area contributed by atoms with E-state index in [1.165, 1.54) is 11.3 Å². The van der Waals surface area contributed by atoms with Crippen molar-refractivity contribution in [2.45, 2.75) is 67.1 Å². The van der Waals surface area contributed by atoms with Crippen molar-refractivity contribution in [3.63, 3.8) is 0 Å². The lowest BCUT2D eigenvalue weighted by molar-refractivity contribution is -0.123. The predicted octanol–water partition coefficient (Wildman–Crippen LogP) is 2.33. The summed E-state index contributed by atoms with van der Waals surface area (Å²) in [5.41, 5.74) is 3.40. The Morgan fingerprint density at radius 3 is 2.33 bits per heavy atom. The minimum absolute atomic E-state index is 0.0498. The molecule has 0 saturated heterocycles. The van der Waals surface area contributed by atoms with E-state index in [2.05, 4.69) is 50.4 Å². The molecule has 5 nitrogen and oxygen atoms in total. The third-order valence-corrected chi connectivity index (χ3v) is 3.75. The molecular weight excluding hydrogens is 264 g/mol. The maximum Gasteiger partial charge on any atom is 0.236 e. The molecule has 2 N–H and O–H groups in total. The lowest BCUT2D eigenvalue weighted by Gasteiger charge is -2.21. The first-order valence-electron chi connectivity index (χ1n) is 7.85. The summed E-state index contributed by atoms with van der Waals surface area (Å²) in [6, 6.07) is -0.118.